The molecule has 0 unspecified atom stereocenters. The van der Waals surface area contributed by atoms with Crippen LogP contribution in [0, 0.1) is 0 Å². The van der Waals surface area contributed by atoms with Crippen LogP contribution in [0.15, 0.2) is 30.3 Å². The molecule has 2 rings (SSSR count). The third-order valence-corrected chi connectivity index (χ3v) is 2.38. The molecular formula is C11H13N5O. The standard InChI is InChI=1S/C11H13N5O/c1-16-10(12)6-9(15-16)7-4-2-3-5-8(7)14-11(13)17/h2-6H,12H2,1H3,(H3,13,14,17). The topological polar surface area (TPSA) is 99.0 Å². The fraction of sp³-hybridized carbons (Fsp3) is 0.0909. The van der Waals surface area contributed by atoms with E-state index in [-0.39, 0.29) is 0 Å². The zero-order valence-corrected chi connectivity index (χ0v) is 9.34. The van der Waals surface area contributed by atoms with Gasteiger partial charge in [0.1, 0.15) is 5.82 Å². The SMILES string of the molecule is Cn1nc(-c2ccccc2NC(N)=O)cc1N. The molecule has 0 aliphatic carbocycles. The third kappa shape index (κ3) is 2.20. The molecule has 0 aliphatic rings. The number of aromatic nitrogens is 2. The van der Waals surface area contributed by atoms with Crippen molar-refractivity contribution in [2.75, 3.05) is 11.1 Å². The number of amides is 2. The maximum atomic E-state index is 10.9. The van der Waals surface area contributed by atoms with Crippen molar-refractivity contribution < 1.29 is 4.79 Å². The zero-order valence-electron chi connectivity index (χ0n) is 9.34. The van der Waals surface area contributed by atoms with Crippen LogP contribution in [-0.2, 0) is 7.05 Å². The quantitative estimate of drug-likeness (QED) is 0.723. The Morgan fingerprint density at radius 3 is 2.71 bits per heavy atom. The highest BCUT2D eigenvalue weighted by atomic mass is 16.2. The number of benzene rings is 1. The van der Waals surface area contributed by atoms with Crippen LogP contribution in [-0.4, -0.2) is 15.8 Å². The summed E-state index contributed by atoms with van der Waals surface area (Å²) in [6, 6.07) is 8.38. The zero-order chi connectivity index (χ0) is 12.4. The minimum atomic E-state index is -0.610. The van der Waals surface area contributed by atoms with Crippen molar-refractivity contribution >= 4 is 17.5 Å². The lowest BCUT2D eigenvalue weighted by Gasteiger charge is -2.06. The van der Waals surface area contributed by atoms with Crippen LogP contribution in [0.4, 0.5) is 16.3 Å². The Kier molecular flexibility index (Phi) is 2.70. The van der Waals surface area contributed by atoms with Gasteiger partial charge in [0, 0.05) is 18.7 Å². The molecule has 0 radical (unpaired) electrons. The molecule has 0 saturated carbocycles. The molecule has 88 valence electrons. The van der Waals surface area contributed by atoms with Crippen molar-refractivity contribution in [3.8, 4) is 11.3 Å². The fourth-order valence-corrected chi connectivity index (χ4v) is 1.56. The van der Waals surface area contributed by atoms with E-state index in [1.165, 1.54) is 0 Å². The molecule has 6 heteroatoms. The largest absolute Gasteiger partial charge is 0.384 e. The van der Waals surface area contributed by atoms with Crippen molar-refractivity contribution in [1.29, 1.82) is 0 Å². The minimum Gasteiger partial charge on any atom is -0.384 e. The Morgan fingerprint density at radius 1 is 1.41 bits per heavy atom. The molecule has 1 aromatic heterocycles. The summed E-state index contributed by atoms with van der Waals surface area (Å²) in [5.74, 6) is 0.550. The maximum absolute atomic E-state index is 10.9. The second kappa shape index (κ2) is 4.17. The normalized spacial score (nSPS) is 10.2. The number of hydrogen-bond donors (Lipinski definition) is 3. The van der Waals surface area contributed by atoms with Crippen LogP contribution < -0.4 is 16.8 Å². The van der Waals surface area contributed by atoms with Crippen molar-refractivity contribution in [2.24, 2.45) is 12.8 Å². The summed E-state index contributed by atoms with van der Waals surface area (Å²) in [7, 11) is 1.75. The second-order valence-electron chi connectivity index (χ2n) is 3.61. The van der Waals surface area contributed by atoms with E-state index in [1.54, 1.807) is 29.9 Å². The molecule has 1 aromatic carbocycles. The highest BCUT2D eigenvalue weighted by molar-refractivity contribution is 5.93. The van der Waals surface area contributed by atoms with E-state index >= 15 is 0 Å². The van der Waals surface area contributed by atoms with Crippen molar-refractivity contribution in [1.82, 2.24) is 9.78 Å². The van der Waals surface area contributed by atoms with Crippen LogP contribution in [0.2, 0.25) is 0 Å². The predicted molar refractivity (Wildman–Crippen MR) is 66.3 cm³/mol. The molecular weight excluding hydrogens is 218 g/mol. The van der Waals surface area contributed by atoms with Gasteiger partial charge in [-0.05, 0) is 6.07 Å². The number of nitrogens with zero attached hydrogens (tertiary/aromatic N) is 2. The van der Waals surface area contributed by atoms with E-state index in [0.717, 1.165) is 5.56 Å². The van der Waals surface area contributed by atoms with E-state index in [9.17, 15) is 4.79 Å². The van der Waals surface area contributed by atoms with Gasteiger partial charge in [0.2, 0.25) is 0 Å². The van der Waals surface area contributed by atoms with Gasteiger partial charge in [-0.2, -0.15) is 5.10 Å². The highest BCUT2D eigenvalue weighted by Crippen LogP contribution is 2.27. The lowest BCUT2D eigenvalue weighted by atomic mass is 10.1. The van der Waals surface area contributed by atoms with Crippen LogP contribution in [0.5, 0.6) is 0 Å². The molecule has 0 saturated heterocycles. The highest BCUT2D eigenvalue weighted by Gasteiger charge is 2.10. The Balaban J connectivity index is 2.47. The molecule has 2 amide bonds. The van der Waals surface area contributed by atoms with Crippen LogP contribution >= 0.6 is 0 Å². The Hall–Kier alpha value is -2.50. The van der Waals surface area contributed by atoms with Crippen LogP contribution in [0.3, 0.4) is 0 Å². The summed E-state index contributed by atoms with van der Waals surface area (Å²) in [5.41, 5.74) is 12.9. The average molecular weight is 231 g/mol. The van der Waals surface area contributed by atoms with Gasteiger partial charge in [0.25, 0.3) is 0 Å². The number of para-hydroxylation sites is 1. The monoisotopic (exact) mass is 231 g/mol. The van der Waals surface area contributed by atoms with Gasteiger partial charge in [0.05, 0.1) is 11.4 Å². The van der Waals surface area contributed by atoms with Gasteiger partial charge < -0.3 is 16.8 Å². The van der Waals surface area contributed by atoms with Gasteiger partial charge in [-0.15, -0.1) is 0 Å². The number of primary amides is 1. The summed E-state index contributed by atoms with van der Waals surface area (Å²) in [6.45, 7) is 0. The first kappa shape index (κ1) is 11.0. The molecule has 2 aromatic rings. The minimum absolute atomic E-state index is 0.550. The lowest BCUT2D eigenvalue weighted by molar-refractivity contribution is 0.259. The number of rotatable bonds is 2. The van der Waals surface area contributed by atoms with Gasteiger partial charge in [0.15, 0.2) is 0 Å². The number of anilines is 2. The molecule has 0 atom stereocenters. The smallest absolute Gasteiger partial charge is 0.316 e. The molecule has 5 N–H and O–H groups in total. The molecule has 6 nitrogen and oxygen atoms in total. The van der Waals surface area contributed by atoms with Crippen LogP contribution in [0.1, 0.15) is 0 Å². The molecule has 0 fully saturated rings. The van der Waals surface area contributed by atoms with Crippen molar-refractivity contribution in [3.63, 3.8) is 0 Å². The van der Waals surface area contributed by atoms with Crippen molar-refractivity contribution in [2.45, 2.75) is 0 Å². The summed E-state index contributed by atoms with van der Waals surface area (Å²) in [5, 5.41) is 6.80. The lowest BCUT2D eigenvalue weighted by Crippen LogP contribution is -2.19. The van der Waals surface area contributed by atoms with E-state index < -0.39 is 6.03 Å². The number of carbonyl (C=O) groups is 1. The number of hydrogen-bond acceptors (Lipinski definition) is 3. The van der Waals surface area contributed by atoms with Gasteiger partial charge in [-0.1, -0.05) is 18.2 Å². The Bertz CT molecular complexity index is 541. The Labute approximate surface area is 98.2 Å². The third-order valence-electron chi connectivity index (χ3n) is 2.38. The average Bonchev–Trinajstić information content (AvgIpc) is 2.59. The van der Waals surface area contributed by atoms with Crippen molar-refractivity contribution in [3.05, 3.63) is 30.3 Å². The number of nitrogens with one attached hydrogen (secondary N) is 1. The first-order valence-corrected chi connectivity index (χ1v) is 5.03. The number of nitrogens with two attached hydrogens (primary N) is 2. The molecule has 1 heterocycles. The number of urea groups is 1. The number of nitrogen functional groups attached to an aromatic ring is 1. The van der Waals surface area contributed by atoms with E-state index in [0.29, 0.717) is 17.2 Å². The fourth-order valence-electron chi connectivity index (χ4n) is 1.56. The first-order chi connectivity index (χ1) is 8.08. The van der Waals surface area contributed by atoms with Gasteiger partial charge >= 0.3 is 6.03 Å². The molecule has 0 spiro atoms. The number of aryl methyl sites for hydroxylation is 1. The Morgan fingerprint density at radius 2 is 2.12 bits per heavy atom. The van der Waals surface area contributed by atoms with Crippen LogP contribution in [0.25, 0.3) is 11.3 Å². The van der Waals surface area contributed by atoms with E-state index in [4.69, 9.17) is 11.5 Å². The van der Waals surface area contributed by atoms with E-state index in [1.807, 2.05) is 12.1 Å². The maximum Gasteiger partial charge on any atom is 0.316 e. The molecule has 0 bridgehead atoms. The second-order valence-corrected chi connectivity index (χ2v) is 3.61. The number of carbonyl (C=O) groups excluding carboxylic acids is 1. The summed E-state index contributed by atoms with van der Waals surface area (Å²) < 4.78 is 1.57. The first-order valence-electron chi connectivity index (χ1n) is 5.03. The summed E-state index contributed by atoms with van der Waals surface area (Å²) in [4.78, 5) is 10.9. The summed E-state index contributed by atoms with van der Waals surface area (Å²) >= 11 is 0. The van der Waals surface area contributed by atoms with Gasteiger partial charge in [-0.25, -0.2) is 4.79 Å². The molecule has 0 aliphatic heterocycles. The molecule has 17 heavy (non-hydrogen) atoms. The van der Waals surface area contributed by atoms with Gasteiger partial charge in [-0.3, -0.25) is 4.68 Å². The van der Waals surface area contributed by atoms with E-state index in [2.05, 4.69) is 10.4 Å². The summed E-state index contributed by atoms with van der Waals surface area (Å²) in [6.07, 6.45) is 0. The predicted octanol–water partition coefficient (Wildman–Crippen LogP) is 1.16.